The van der Waals surface area contributed by atoms with E-state index in [0.29, 0.717) is 18.8 Å². The molecule has 21 heavy (non-hydrogen) atoms. The van der Waals surface area contributed by atoms with Gasteiger partial charge in [-0.05, 0) is 44.0 Å². The molecular formula is C17H24O4. The standard InChI is InChI=1S/C17H24O4/c1-4-6-11-21-14-7-8-15(13(3)12-14)16(18)9-10-17(19)20-5-2/h7-8,12H,4-6,9-11H2,1-3H3. The van der Waals surface area contributed by atoms with Crippen LogP contribution in [0.25, 0.3) is 0 Å². The fourth-order valence-corrected chi connectivity index (χ4v) is 1.96. The summed E-state index contributed by atoms with van der Waals surface area (Å²) >= 11 is 0. The molecule has 4 heteroatoms. The number of Topliss-reactive ketones (excluding diaryl/α,β-unsaturated/α-hetero) is 1. The minimum absolute atomic E-state index is 0.0411. The zero-order valence-electron chi connectivity index (χ0n) is 13.1. The molecule has 0 fully saturated rings. The molecule has 1 aromatic rings. The molecule has 0 saturated heterocycles. The van der Waals surface area contributed by atoms with Crippen LogP contribution >= 0.6 is 0 Å². The Morgan fingerprint density at radius 3 is 2.52 bits per heavy atom. The lowest BCUT2D eigenvalue weighted by Crippen LogP contribution is -2.09. The molecule has 0 saturated carbocycles. The van der Waals surface area contributed by atoms with Crippen LogP contribution in [0, 0.1) is 6.92 Å². The first-order chi connectivity index (χ1) is 10.1. The molecule has 0 aliphatic rings. The summed E-state index contributed by atoms with van der Waals surface area (Å²) in [6.45, 7) is 6.77. The quantitative estimate of drug-likeness (QED) is 0.395. The zero-order chi connectivity index (χ0) is 15.7. The molecule has 0 unspecified atom stereocenters. The highest BCUT2D eigenvalue weighted by molar-refractivity contribution is 5.98. The Hall–Kier alpha value is -1.84. The van der Waals surface area contributed by atoms with Crippen molar-refractivity contribution < 1.29 is 19.1 Å². The number of benzene rings is 1. The van der Waals surface area contributed by atoms with E-state index in [9.17, 15) is 9.59 Å². The van der Waals surface area contributed by atoms with Crippen molar-refractivity contribution in [1.82, 2.24) is 0 Å². The van der Waals surface area contributed by atoms with Gasteiger partial charge >= 0.3 is 5.97 Å². The predicted octanol–water partition coefficient (Wildman–Crippen LogP) is 3.70. The van der Waals surface area contributed by atoms with Crippen molar-refractivity contribution in [3.8, 4) is 5.75 Å². The second kappa shape index (κ2) is 9.16. The summed E-state index contributed by atoms with van der Waals surface area (Å²) < 4.78 is 10.4. The van der Waals surface area contributed by atoms with Crippen molar-refractivity contribution >= 4 is 11.8 Å². The highest BCUT2D eigenvalue weighted by atomic mass is 16.5. The molecule has 0 N–H and O–H groups in total. The van der Waals surface area contributed by atoms with Crippen molar-refractivity contribution in [2.45, 2.75) is 46.5 Å². The van der Waals surface area contributed by atoms with E-state index >= 15 is 0 Å². The van der Waals surface area contributed by atoms with Gasteiger partial charge in [0, 0.05) is 12.0 Å². The summed E-state index contributed by atoms with van der Waals surface area (Å²) in [5.74, 6) is 0.409. The van der Waals surface area contributed by atoms with E-state index < -0.39 is 0 Å². The summed E-state index contributed by atoms with van der Waals surface area (Å²) in [6, 6.07) is 5.44. The largest absolute Gasteiger partial charge is 0.494 e. The second-order valence-electron chi connectivity index (χ2n) is 4.91. The minimum Gasteiger partial charge on any atom is -0.494 e. The topological polar surface area (TPSA) is 52.6 Å². The molecule has 1 aromatic carbocycles. The lowest BCUT2D eigenvalue weighted by Gasteiger charge is -2.09. The third-order valence-corrected chi connectivity index (χ3v) is 3.13. The number of rotatable bonds is 9. The molecule has 0 aromatic heterocycles. The van der Waals surface area contributed by atoms with Crippen molar-refractivity contribution in [2.75, 3.05) is 13.2 Å². The van der Waals surface area contributed by atoms with Crippen LogP contribution < -0.4 is 4.74 Å². The highest BCUT2D eigenvalue weighted by Gasteiger charge is 2.12. The smallest absolute Gasteiger partial charge is 0.306 e. The van der Waals surface area contributed by atoms with E-state index in [1.165, 1.54) is 0 Å². The molecule has 0 bridgehead atoms. The molecule has 0 radical (unpaired) electrons. The predicted molar refractivity (Wildman–Crippen MR) is 81.8 cm³/mol. The molecule has 0 aliphatic heterocycles. The van der Waals surface area contributed by atoms with Gasteiger partial charge in [-0.1, -0.05) is 13.3 Å². The average Bonchev–Trinajstić information content (AvgIpc) is 2.45. The molecule has 4 nitrogen and oxygen atoms in total. The lowest BCUT2D eigenvalue weighted by atomic mass is 10.0. The molecule has 0 atom stereocenters. The number of ether oxygens (including phenoxy) is 2. The highest BCUT2D eigenvalue weighted by Crippen LogP contribution is 2.19. The van der Waals surface area contributed by atoms with Crippen LogP contribution in [-0.4, -0.2) is 25.0 Å². The normalized spacial score (nSPS) is 10.2. The van der Waals surface area contributed by atoms with Gasteiger partial charge in [0.2, 0.25) is 0 Å². The van der Waals surface area contributed by atoms with Crippen molar-refractivity contribution in [2.24, 2.45) is 0 Å². The summed E-state index contributed by atoms with van der Waals surface area (Å²) in [5, 5.41) is 0. The van der Waals surface area contributed by atoms with Crippen molar-refractivity contribution in [3.63, 3.8) is 0 Å². The van der Waals surface area contributed by atoms with Crippen LogP contribution in [0.2, 0.25) is 0 Å². The van der Waals surface area contributed by atoms with Gasteiger partial charge < -0.3 is 9.47 Å². The fourth-order valence-electron chi connectivity index (χ4n) is 1.96. The Kier molecular flexibility index (Phi) is 7.51. The van der Waals surface area contributed by atoms with Gasteiger partial charge in [0.25, 0.3) is 0 Å². The van der Waals surface area contributed by atoms with E-state index in [0.717, 1.165) is 24.2 Å². The van der Waals surface area contributed by atoms with Gasteiger partial charge in [-0.15, -0.1) is 0 Å². The fraction of sp³-hybridized carbons (Fsp3) is 0.529. The maximum atomic E-state index is 12.1. The summed E-state index contributed by atoms with van der Waals surface area (Å²) in [7, 11) is 0. The summed E-state index contributed by atoms with van der Waals surface area (Å²) in [5.41, 5.74) is 1.51. The van der Waals surface area contributed by atoms with Gasteiger partial charge in [0.15, 0.2) is 5.78 Å². The maximum Gasteiger partial charge on any atom is 0.306 e. The van der Waals surface area contributed by atoms with Crippen LogP contribution in [0.4, 0.5) is 0 Å². The third kappa shape index (κ3) is 5.98. The SMILES string of the molecule is CCCCOc1ccc(C(=O)CCC(=O)OCC)c(C)c1. The third-order valence-electron chi connectivity index (χ3n) is 3.13. The minimum atomic E-state index is -0.331. The van der Waals surface area contributed by atoms with E-state index in [2.05, 4.69) is 6.92 Å². The van der Waals surface area contributed by atoms with Crippen LogP contribution in [0.15, 0.2) is 18.2 Å². The molecule has 0 spiro atoms. The molecule has 0 aliphatic carbocycles. The van der Waals surface area contributed by atoms with E-state index in [-0.39, 0.29) is 24.6 Å². The first-order valence-electron chi connectivity index (χ1n) is 7.50. The van der Waals surface area contributed by atoms with Gasteiger partial charge in [-0.2, -0.15) is 0 Å². The molecule has 116 valence electrons. The molecule has 0 amide bonds. The first kappa shape index (κ1) is 17.2. The Bertz CT molecular complexity index is 480. The number of hydrogen-bond acceptors (Lipinski definition) is 4. The molecule has 0 heterocycles. The molecular weight excluding hydrogens is 268 g/mol. The summed E-state index contributed by atoms with van der Waals surface area (Å²) in [6.07, 6.45) is 2.40. The number of carbonyl (C=O) groups is 2. The molecule has 1 rings (SSSR count). The zero-order valence-corrected chi connectivity index (χ0v) is 13.1. The van der Waals surface area contributed by atoms with Crippen LogP contribution in [-0.2, 0) is 9.53 Å². The van der Waals surface area contributed by atoms with E-state index in [4.69, 9.17) is 9.47 Å². The number of aryl methyl sites for hydroxylation is 1. The Balaban J connectivity index is 2.58. The lowest BCUT2D eigenvalue weighted by molar-refractivity contribution is -0.143. The number of esters is 1. The Labute approximate surface area is 126 Å². The van der Waals surface area contributed by atoms with Crippen LogP contribution in [0.5, 0.6) is 5.75 Å². The second-order valence-corrected chi connectivity index (χ2v) is 4.91. The van der Waals surface area contributed by atoms with Crippen molar-refractivity contribution in [3.05, 3.63) is 29.3 Å². The Morgan fingerprint density at radius 2 is 1.90 bits per heavy atom. The monoisotopic (exact) mass is 292 g/mol. The van der Waals surface area contributed by atoms with Crippen LogP contribution in [0.3, 0.4) is 0 Å². The van der Waals surface area contributed by atoms with Gasteiger partial charge in [-0.3, -0.25) is 9.59 Å². The average molecular weight is 292 g/mol. The van der Waals surface area contributed by atoms with E-state index in [1.54, 1.807) is 19.1 Å². The first-order valence-corrected chi connectivity index (χ1v) is 7.50. The van der Waals surface area contributed by atoms with Gasteiger partial charge in [0.1, 0.15) is 5.75 Å². The van der Waals surface area contributed by atoms with Crippen LogP contribution in [0.1, 0.15) is 55.5 Å². The number of carbonyl (C=O) groups excluding carboxylic acids is 2. The Morgan fingerprint density at radius 1 is 1.14 bits per heavy atom. The van der Waals surface area contributed by atoms with Gasteiger partial charge in [-0.25, -0.2) is 0 Å². The summed E-state index contributed by atoms with van der Waals surface area (Å²) in [4.78, 5) is 23.4. The van der Waals surface area contributed by atoms with E-state index in [1.807, 2.05) is 13.0 Å². The van der Waals surface area contributed by atoms with Crippen molar-refractivity contribution in [1.29, 1.82) is 0 Å². The number of unbranched alkanes of at least 4 members (excludes halogenated alkanes) is 1. The number of hydrogen-bond donors (Lipinski definition) is 0. The maximum absolute atomic E-state index is 12.1. The number of ketones is 1. The van der Waals surface area contributed by atoms with Gasteiger partial charge in [0.05, 0.1) is 19.6 Å².